The van der Waals surface area contributed by atoms with Gasteiger partial charge < -0.3 is 4.74 Å². The van der Waals surface area contributed by atoms with Crippen molar-refractivity contribution in [3.05, 3.63) is 51.9 Å². The van der Waals surface area contributed by atoms with Crippen molar-refractivity contribution in [3.63, 3.8) is 0 Å². The minimum absolute atomic E-state index is 0.337. The van der Waals surface area contributed by atoms with Gasteiger partial charge in [0.25, 0.3) is 0 Å². The third-order valence-electron chi connectivity index (χ3n) is 2.29. The molecule has 1 aromatic carbocycles. The van der Waals surface area contributed by atoms with Crippen molar-refractivity contribution < 1.29 is 13.9 Å². The largest absolute Gasteiger partial charge is 0.437 e. The zero-order valence-electron chi connectivity index (χ0n) is 9.48. The SMILES string of the molecule is Cc1cc(C=O)cnc1Oc1cc(F)ccc1Br. The van der Waals surface area contributed by atoms with Crippen LogP contribution in [0, 0.1) is 12.7 Å². The van der Waals surface area contributed by atoms with Crippen LogP contribution in [0.15, 0.2) is 34.9 Å². The second kappa shape index (κ2) is 5.27. The molecule has 0 saturated heterocycles. The van der Waals surface area contributed by atoms with E-state index in [9.17, 15) is 9.18 Å². The van der Waals surface area contributed by atoms with E-state index in [-0.39, 0.29) is 0 Å². The van der Waals surface area contributed by atoms with Crippen molar-refractivity contribution in [2.45, 2.75) is 6.92 Å². The number of rotatable bonds is 3. The Kier molecular flexibility index (Phi) is 3.72. The molecule has 1 heterocycles. The van der Waals surface area contributed by atoms with Crippen LogP contribution in [0.25, 0.3) is 0 Å². The van der Waals surface area contributed by atoms with Crippen LogP contribution in [0.5, 0.6) is 11.6 Å². The van der Waals surface area contributed by atoms with Crippen LogP contribution >= 0.6 is 15.9 Å². The summed E-state index contributed by atoms with van der Waals surface area (Å²) in [6.45, 7) is 1.77. The second-order valence-electron chi connectivity index (χ2n) is 3.69. The molecule has 0 bridgehead atoms. The molecule has 0 atom stereocenters. The maximum Gasteiger partial charge on any atom is 0.222 e. The number of carbonyl (C=O) groups excluding carboxylic acids is 1. The first kappa shape index (κ1) is 12.7. The van der Waals surface area contributed by atoms with Gasteiger partial charge in [0, 0.05) is 23.4 Å². The highest BCUT2D eigenvalue weighted by molar-refractivity contribution is 9.10. The van der Waals surface area contributed by atoms with Gasteiger partial charge in [0.05, 0.1) is 4.47 Å². The standard InChI is InChI=1S/C13H9BrFNO2/c1-8-4-9(7-17)6-16-13(8)18-12-5-10(15)2-3-11(12)14/h2-7H,1H3. The Bertz CT molecular complexity index is 602. The highest BCUT2D eigenvalue weighted by Gasteiger charge is 2.08. The van der Waals surface area contributed by atoms with Crippen molar-refractivity contribution in [3.8, 4) is 11.6 Å². The molecule has 5 heteroatoms. The summed E-state index contributed by atoms with van der Waals surface area (Å²) in [6, 6.07) is 5.80. The number of benzene rings is 1. The molecule has 0 N–H and O–H groups in total. The number of aldehydes is 1. The molecule has 18 heavy (non-hydrogen) atoms. The number of pyridine rings is 1. The number of aryl methyl sites for hydroxylation is 1. The van der Waals surface area contributed by atoms with Gasteiger partial charge >= 0.3 is 0 Å². The number of ether oxygens (including phenoxy) is 1. The van der Waals surface area contributed by atoms with Crippen LogP contribution in [0.1, 0.15) is 15.9 Å². The summed E-state index contributed by atoms with van der Waals surface area (Å²) in [5.41, 5.74) is 1.17. The molecule has 2 aromatic rings. The molecule has 92 valence electrons. The van der Waals surface area contributed by atoms with Crippen molar-refractivity contribution >= 4 is 22.2 Å². The van der Waals surface area contributed by atoms with Gasteiger partial charge in [0.2, 0.25) is 5.88 Å². The van der Waals surface area contributed by atoms with E-state index in [0.29, 0.717) is 33.5 Å². The van der Waals surface area contributed by atoms with E-state index in [1.165, 1.54) is 18.3 Å². The summed E-state index contributed by atoms with van der Waals surface area (Å²) in [6.07, 6.45) is 2.12. The van der Waals surface area contributed by atoms with E-state index in [4.69, 9.17) is 4.74 Å². The highest BCUT2D eigenvalue weighted by atomic mass is 79.9. The van der Waals surface area contributed by atoms with Gasteiger partial charge in [-0.3, -0.25) is 4.79 Å². The average Bonchev–Trinajstić information content (AvgIpc) is 2.36. The van der Waals surface area contributed by atoms with Crippen LogP contribution in [0.4, 0.5) is 4.39 Å². The number of hydrogen-bond donors (Lipinski definition) is 0. The first-order chi connectivity index (χ1) is 8.60. The van der Waals surface area contributed by atoms with Gasteiger partial charge in [-0.05, 0) is 41.1 Å². The normalized spacial score (nSPS) is 10.2. The van der Waals surface area contributed by atoms with Crippen LogP contribution < -0.4 is 4.74 Å². The Morgan fingerprint density at radius 3 is 2.83 bits per heavy atom. The number of hydrogen-bond acceptors (Lipinski definition) is 3. The molecule has 2 rings (SSSR count). The van der Waals surface area contributed by atoms with Crippen molar-refractivity contribution in [1.29, 1.82) is 0 Å². The third-order valence-corrected chi connectivity index (χ3v) is 2.94. The quantitative estimate of drug-likeness (QED) is 0.807. The molecule has 0 unspecified atom stereocenters. The summed E-state index contributed by atoms with van der Waals surface area (Å²) in [5, 5.41) is 0. The molecule has 0 aliphatic carbocycles. The molecule has 0 spiro atoms. The Hall–Kier alpha value is -1.75. The number of aromatic nitrogens is 1. The van der Waals surface area contributed by atoms with Crippen LogP contribution in [-0.4, -0.2) is 11.3 Å². The Morgan fingerprint density at radius 2 is 2.17 bits per heavy atom. The summed E-state index contributed by atoms with van der Waals surface area (Å²) in [4.78, 5) is 14.6. The molecule has 3 nitrogen and oxygen atoms in total. The van der Waals surface area contributed by atoms with Crippen molar-refractivity contribution in [2.24, 2.45) is 0 Å². The highest BCUT2D eigenvalue weighted by Crippen LogP contribution is 2.30. The molecule has 0 radical (unpaired) electrons. The number of halogens is 2. The molecule has 0 aliphatic rings. The topological polar surface area (TPSA) is 39.2 Å². The molecule has 0 amide bonds. The van der Waals surface area contributed by atoms with E-state index < -0.39 is 5.82 Å². The van der Waals surface area contributed by atoms with E-state index in [1.54, 1.807) is 19.1 Å². The maximum absolute atomic E-state index is 13.1. The van der Waals surface area contributed by atoms with Gasteiger partial charge in [-0.2, -0.15) is 0 Å². The minimum Gasteiger partial charge on any atom is -0.437 e. The monoisotopic (exact) mass is 309 g/mol. The zero-order chi connectivity index (χ0) is 13.1. The van der Waals surface area contributed by atoms with Crippen LogP contribution in [-0.2, 0) is 0 Å². The summed E-state index contributed by atoms with van der Waals surface area (Å²) >= 11 is 3.26. The number of nitrogens with zero attached hydrogens (tertiary/aromatic N) is 1. The van der Waals surface area contributed by atoms with Gasteiger partial charge in [-0.25, -0.2) is 9.37 Å². The van der Waals surface area contributed by atoms with Crippen LogP contribution in [0.2, 0.25) is 0 Å². The summed E-state index contributed by atoms with van der Waals surface area (Å²) < 4.78 is 19.2. The first-order valence-electron chi connectivity index (χ1n) is 5.15. The smallest absolute Gasteiger partial charge is 0.222 e. The molecular weight excluding hydrogens is 301 g/mol. The fourth-order valence-electron chi connectivity index (χ4n) is 1.41. The molecule has 0 saturated carbocycles. The predicted molar refractivity (Wildman–Crippen MR) is 68.5 cm³/mol. The molecule has 0 aliphatic heterocycles. The zero-order valence-corrected chi connectivity index (χ0v) is 11.1. The predicted octanol–water partition coefficient (Wildman–Crippen LogP) is 3.90. The lowest BCUT2D eigenvalue weighted by Crippen LogP contribution is -1.94. The Morgan fingerprint density at radius 1 is 1.39 bits per heavy atom. The van der Waals surface area contributed by atoms with Gasteiger partial charge in [-0.15, -0.1) is 0 Å². The molecular formula is C13H9BrFNO2. The number of carbonyl (C=O) groups is 1. The fraction of sp³-hybridized carbons (Fsp3) is 0.0769. The van der Waals surface area contributed by atoms with E-state index in [0.717, 1.165) is 0 Å². The third kappa shape index (κ3) is 2.73. The fourth-order valence-corrected chi connectivity index (χ4v) is 1.74. The van der Waals surface area contributed by atoms with Gasteiger partial charge in [0.1, 0.15) is 11.6 Å². The van der Waals surface area contributed by atoms with E-state index in [2.05, 4.69) is 20.9 Å². The molecule has 0 fully saturated rings. The Balaban J connectivity index is 2.34. The van der Waals surface area contributed by atoms with Gasteiger partial charge in [0.15, 0.2) is 6.29 Å². The van der Waals surface area contributed by atoms with E-state index in [1.807, 2.05) is 0 Å². The van der Waals surface area contributed by atoms with Crippen LogP contribution in [0.3, 0.4) is 0 Å². The van der Waals surface area contributed by atoms with E-state index >= 15 is 0 Å². The molecule has 1 aromatic heterocycles. The second-order valence-corrected chi connectivity index (χ2v) is 4.54. The summed E-state index contributed by atoms with van der Waals surface area (Å²) in [7, 11) is 0. The Labute approximate surface area is 112 Å². The first-order valence-corrected chi connectivity index (χ1v) is 5.94. The summed E-state index contributed by atoms with van der Waals surface area (Å²) in [5.74, 6) is 0.284. The lowest BCUT2D eigenvalue weighted by atomic mass is 10.2. The van der Waals surface area contributed by atoms with Gasteiger partial charge in [-0.1, -0.05) is 0 Å². The lowest BCUT2D eigenvalue weighted by molar-refractivity contribution is 0.112. The van der Waals surface area contributed by atoms with Crippen molar-refractivity contribution in [1.82, 2.24) is 4.98 Å². The lowest BCUT2D eigenvalue weighted by Gasteiger charge is -2.09. The average molecular weight is 310 g/mol. The maximum atomic E-state index is 13.1. The minimum atomic E-state index is -0.393. The van der Waals surface area contributed by atoms with Crippen molar-refractivity contribution in [2.75, 3.05) is 0 Å².